The normalized spacial score (nSPS) is 20.6. The maximum absolute atomic E-state index is 11.8. The molecule has 2 rings (SSSR count). The number of nitrogens with one attached hydrogen (secondary N) is 1. The monoisotopic (exact) mass is 465 g/mol. The predicted molar refractivity (Wildman–Crippen MR) is 106 cm³/mol. The van der Waals surface area contributed by atoms with Crippen molar-refractivity contribution in [3.8, 4) is 0 Å². The van der Waals surface area contributed by atoms with Gasteiger partial charge in [0.1, 0.15) is 12.4 Å². The van der Waals surface area contributed by atoms with Crippen molar-refractivity contribution < 1.29 is 9.53 Å². The number of halogens is 2. The molecule has 7 heteroatoms. The number of aromatic nitrogens is 1. The molecule has 0 unspecified atom stereocenters. The van der Waals surface area contributed by atoms with Crippen molar-refractivity contribution in [1.29, 1.82) is 0 Å². The molecule has 1 aromatic heterocycles. The molecule has 0 bridgehead atoms. The van der Waals surface area contributed by atoms with E-state index >= 15 is 0 Å². The van der Waals surface area contributed by atoms with E-state index in [1.165, 1.54) is 0 Å². The molecule has 0 aromatic carbocycles. The number of carbonyl (C=O) groups is 1. The number of nitrogens with zero attached hydrogens (tertiary/aromatic N) is 2. The number of rotatable bonds is 8. The lowest BCUT2D eigenvalue weighted by Gasteiger charge is -2.32. The van der Waals surface area contributed by atoms with Gasteiger partial charge in [0.25, 0.3) is 0 Å². The molecular formula is C17H25ClIN3O2. The zero-order valence-corrected chi connectivity index (χ0v) is 16.9. The highest BCUT2D eigenvalue weighted by Crippen LogP contribution is 2.26. The number of alkyl halides is 1. The molecule has 0 radical (unpaired) electrons. The smallest absolute Gasteiger partial charge is 0.246 e. The summed E-state index contributed by atoms with van der Waals surface area (Å²) >= 11 is 7.79. The number of ether oxygens (including phenoxy) is 1. The zero-order valence-electron chi connectivity index (χ0n) is 14.0. The van der Waals surface area contributed by atoms with Crippen LogP contribution in [0.5, 0.6) is 0 Å². The predicted octanol–water partition coefficient (Wildman–Crippen LogP) is 3.05. The molecule has 0 spiro atoms. The Balaban J connectivity index is 1.68. The van der Waals surface area contributed by atoms with Gasteiger partial charge in [0.05, 0.1) is 6.61 Å². The van der Waals surface area contributed by atoms with E-state index in [4.69, 9.17) is 16.3 Å². The van der Waals surface area contributed by atoms with Crippen molar-refractivity contribution in [2.24, 2.45) is 5.92 Å². The summed E-state index contributed by atoms with van der Waals surface area (Å²) < 4.78 is 6.31. The van der Waals surface area contributed by atoms with Crippen molar-refractivity contribution in [2.45, 2.75) is 31.7 Å². The van der Waals surface area contributed by atoms with E-state index in [2.05, 4.69) is 57.0 Å². The standard InChI is InChI=1S/C17H25ClIN3O2/c1-22(16-7-4-14(19)10-20-16)11-13-2-5-15(6-3-13)21-17(23)12-24-9-8-18/h4,7,10,13,15H,2-3,5-6,8-9,11-12H2,1H3,(H,21,23). The minimum absolute atomic E-state index is 0.0382. The fraction of sp³-hybridized carbons (Fsp3) is 0.647. The highest BCUT2D eigenvalue weighted by molar-refractivity contribution is 14.1. The Morgan fingerprint density at radius 2 is 2.17 bits per heavy atom. The van der Waals surface area contributed by atoms with E-state index in [0.717, 1.165) is 41.6 Å². The quantitative estimate of drug-likeness (QED) is 0.364. The average molecular weight is 466 g/mol. The largest absolute Gasteiger partial charge is 0.370 e. The number of carbonyl (C=O) groups excluding carboxylic acids is 1. The first-order chi connectivity index (χ1) is 11.6. The van der Waals surface area contributed by atoms with Crippen LogP contribution < -0.4 is 10.2 Å². The average Bonchev–Trinajstić information content (AvgIpc) is 2.57. The molecule has 1 fully saturated rings. The van der Waals surface area contributed by atoms with Gasteiger partial charge in [-0.05, 0) is 66.3 Å². The highest BCUT2D eigenvalue weighted by atomic mass is 127. The Kier molecular flexibility index (Phi) is 8.55. The van der Waals surface area contributed by atoms with Gasteiger partial charge in [-0.2, -0.15) is 0 Å². The van der Waals surface area contributed by atoms with Gasteiger partial charge in [0.2, 0.25) is 5.91 Å². The molecule has 0 atom stereocenters. The van der Waals surface area contributed by atoms with Crippen LogP contribution in [0.2, 0.25) is 0 Å². The van der Waals surface area contributed by atoms with Crippen molar-refractivity contribution in [3.05, 3.63) is 21.9 Å². The molecule has 0 aliphatic heterocycles. The molecule has 5 nitrogen and oxygen atoms in total. The van der Waals surface area contributed by atoms with E-state index in [9.17, 15) is 4.79 Å². The molecule has 1 aliphatic carbocycles. The van der Waals surface area contributed by atoms with Crippen molar-refractivity contribution in [1.82, 2.24) is 10.3 Å². The Bertz CT molecular complexity index is 507. The SMILES string of the molecule is CN(CC1CCC(NC(=O)COCCCl)CC1)c1ccc(I)cn1. The number of hydrogen-bond donors (Lipinski definition) is 1. The summed E-state index contributed by atoms with van der Waals surface area (Å²) in [4.78, 5) is 18.5. The van der Waals surface area contributed by atoms with Crippen LogP contribution in [0.25, 0.3) is 0 Å². The van der Waals surface area contributed by atoms with Gasteiger partial charge < -0.3 is 15.0 Å². The second kappa shape index (κ2) is 10.4. The van der Waals surface area contributed by atoms with Crippen LogP contribution in [0.1, 0.15) is 25.7 Å². The second-order valence-electron chi connectivity index (χ2n) is 6.24. The van der Waals surface area contributed by atoms with Crippen molar-refractivity contribution in [3.63, 3.8) is 0 Å². The maximum Gasteiger partial charge on any atom is 0.246 e. The number of hydrogen-bond acceptors (Lipinski definition) is 4. The van der Waals surface area contributed by atoms with Gasteiger partial charge in [-0.1, -0.05) is 0 Å². The topological polar surface area (TPSA) is 54.5 Å². The van der Waals surface area contributed by atoms with E-state index in [1.54, 1.807) is 0 Å². The van der Waals surface area contributed by atoms with E-state index in [-0.39, 0.29) is 18.6 Å². The lowest BCUT2D eigenvalue weighted by Crippen LogP contribution is -2.41. The van der Waals surface area contributed by atoms with Crippen LogP contribution in [0.3, 0.4) is 0 Å². The molecule has 1 aliphatic rings. The van der Waals surface area contributed by atoms with Crippen LogP contribution in [0, 0.1) is 9.49 Å². The van der Waals surface area contributed by atoms with E-state index < -0.39 is 0 Å². The molecule has 0 saturated heterocycles. The van der Waals surface area contributed by atoms with Gasteiger partial charge in [-0.3, -0.25) is 4.79 Å². The fourth-order valence-corrected chi connectivity index (χ4v) is 3.48. The minimum Gasteiger partial charge on any atom is -0.370 e. The third-order valence-corrected chi connectivity index (χ3v) is 5.09. The molecule has 1 amide bonds. The Labute approximate surface area is 162 Å². The summed E-state index contributed by atoms with van der Waals surface area (Å²) in [6, 6.07) is 4.42. The number of anilines is 1. The van der Waals surface area contributed by atoms with Gasteiger partial charge in [-0.15, -0.1) is 11.6 Å². The summed E-state index contributed by atoms with van der Waals surface area (Å²) in [5, 5.41) is 3.06. The third kappa shape index (κ3) is 6.72. The Hall–Kier alpha value is -0.600. The second-order valence-corrected chi connectivity index (χ2v) is 7.87. The van der Waals surface area contributed by atoms with E-state index in [1.807, 2.05) is 6.20 Å². The number of pyridine rings is 1. The summed E-state index contributed by atoms with van der Waals surface area (Å²) in [5.74, 6) is 2.05. The van der Waals surface area contributed by atoms with Gasteiger partial charge in [-0.25, -0.2) is 4.98 Å². The van der Waals surface area contributed by atoms with Crippen molar-refractivity contribution >= 4 is 45.9 Å². The van der Waals surface area contributed by atoms with Crippen LogP contribution in [0.4, 0.5) is 5.82 Å². The van der Waals surface area contributed by atoms with Crippen LogP contribution in [-0.2, 0) is 9.53 Å². The first kappa shape index (κ1) is 19.7. The molecular weight excluding hydrogens is 441 g/mol. The highest BCUT2D eigenvalue weighted by Gasteiger charge is 2.23. The summed E-state index contributed by atoms with van der Waals surface area (Å²) in [5.41, 5.74) is 0. The molecule has 134 valence electrons. The third-order valence-electron chi connectivity index (χ3n) is 4.30. The lowest BCUT2D eigenvalue weighted by atomic mass is 9.85. The van der Waals surface area contributed by atoms with Crippen LogP contribution in [-0.4, -0.2) is 49.6 Å². The summed E-state index contributed by atoms with van der Waals surface area (Å²) in [7, 11) is 2.09. The summed E-state index contributed by atoms with van der Waals surface area (Å²) in [6.07, 6.45) is 6.20. The first-order valence-electron chi connectivity index (χ1n) is 8.34. The van der Waals surface area contributed by atoms with Crippen LogP contribution >= 0.6 is 34.2 Å². The first-order valence-corrected chi connectivity index (χ1v) is 9.95. The van der Waals surface area contributed by atoms with Crippen LogP contribution in [0.15, 0.2) is 18.3 Å². The van der Waals surface area contributed by atoms with Gasteiger partial charge in [0, 0.05) is 35.3 Å². The number of amides is 1. The summed E-state index contributed by atoms with van der Waals surface area (Å²) in [6.45, 7) is 1.53. The zero-order chi connectivity index (χ0) is 17.4. The Morgan fingerprint density at radius 3 is 2.79 bits per heavy atom. The van der Waals surface area contributed by atoms with Crippen molar-refractivity contribution in [2.75, 3.05) is 37.6 Å². The van der Waals surface area contributed by atoms with Gasteiger partial charge >= 0.3 is 0 Å². The Morgan fingerprint density at radius 1 is 1.42 bits per heavy atom. The fourth-order valence-electron chi connectivity index (χ4n) is 3.05. The molecule has 1 heterocycles. The minimum atomic E-state index is -0.0382. The molecule has 1 N–H and O–H groups in total. The molecule has 1 aromatic rings. The lowest BCUT2D eigenvalue weighted by molar-refractivity contribution is -0.126. The van der Waals surface area contributed by atoms with Gasteiger partial charge in [0.15, 0.2) is 0 Å². The van der Waals surface area contributed by atoms with E-state index in [0.29, 0.717) is 18.4 Å². The molecule has 1 saturated carbocycles. The maximum atomic E-state index is 11.8. The molecule has 24 heavy (non-hydrogen) atoms.